The molecule has 0 spiro atoms. The maximum absolute atomic E-state index is 12.6. The van der Waals surface area contributed by atoms with Gasteiger partial charge < -0.3 is 29.7 Å². The van der Waals surface area contributed by atoms with Crippen LogP contribution in [0, 0.1) is 0 Å². The molecule has 0 aliphatic carbocycles. The van der Waals surface area contributed by atoms with E-state index < -0.39 is 0 Å². The van der Waals surface area contributed by atoms with Gasteiger partial charge >= 0.3 is 0 Å². The number of aromatic nitrogens is 2. The molecule has 266 valence electrons. The number of hydrogen-bond acceptors (Lipinski definition) is 11. The first-order chi connectivity index (χ1) is 25.0. The number of nitrogens with one attached hydrogen (secondary N) is 2. The summed E-state index contributed by atoms with van der Waals surface area (Å²) < 4.78 is 17.8. The van der Waals surface area contributed by atoms with Crippen molar-refractivity contribution in [3.05, 3.63) is 97.3 Å². The average Bonchev–Trinajstić information content (AvgIpc) is 3.66. The van der Waals surface area contributed by atoms with Crippen LogP contribution in [0.15, 0.2) is 91.8 Å². The van der Waals surface area contributed by atoms with Gasteiger partial charge in [-0.05, 0) is 61.7 Å². The van der Waals surface area contributed by atoms with E-state index in [0.717, 1.165) is 74.8 Å². The Balaban J connectivity index is 1.09. The molecule has 0 saturated carbocycles. The minimum absolute atomic E-state index is 0.0719. The van der Waals surface area contributed by atoms with Crippen molar-refractivity contribution >= 4 is 34.6 Å². The number of para-hydroxylation sites is 1. The van der Waals surface area contributed by atoms with E-state index >= 15 is 0 Å². The number of piperidine rings is 1. The van der Waals surface area contributed by atoms with Crippen LogP contribution in [0.1, 0.15) is 37.8 Å². The van der Waals surface area contributed by atoms with Crippen LogP contribution >= 0.6 is 0 Å². The largest absolute Gasteiger partial charge is 0.494 e. The highest BCUT2D eigenvalue weighted by Gasteiger charge is 2.31. The van der Waals surface area contributed by atoms with Crippen LogP contribution in [0.4, 0.5) is 28.7 Å². The maximum Gasteiger partial charge on any atom is 0.247 e. The SMILES string of the molecule is C=CC(=O)Nc1cc(Nc2cc(N3OCC[C@@H]3c3cccc(Oc4ccccc4)c3)ncn2)c(OC)cc1N1CCC(N2CCO[C@H](C)C2)CC1. The summed E-state index contributed by atoms with van der Waals surface area (Å²) in [6.45, 7) is 10.8. The number of benzene rings is 3. The van der Waals surface area contributed by atoms with Gasteiger partial charge in [0.15, 0.2) is 5.82 Å². The molecule has 4 aromatic rings. The summed E-state index contributed by atoms with van der Waals surface area (Å²) in [6, 6.07) is 23.9. The number of amides is 1. The van der Waals surface area contributed by atoms with Gasteiger partial charge in [0.1, 0.15) is 29.4 Å². The van der Waals surface area contributed by atoms with Crippen LogP contribution in [0.25, 0.3) is 0 Å². The van der Waals surface area contributed by atoms with E-state index in [9.17, 15) is 4.79 Å². The number of hydroxylamine groups is 1. The molecule has 3 saturated heterocycles. The van der Waals surface area contributed by atoms with Gasteiger partial charge in [-0.25, -0.2) is 15.0 Å². The quantitative estimate of drug-likeness (QED) is 0.164. The summed E-state index contributed by atoms with van der Waals surface area (Å²) in [7, 11) is 1.64. The predicted octanol–water partition coefficient (Wildman–Crippen LogP) is 6.72. The summed E-state index contributed by atoms with van der Waals surface area (Å²) in [5, 5.41) is 8.25. The Labute approximate surface area is 298 Å². The molecule has 0 unspecified atom stereocenters. The van der Waals surface area contributed by atoms with Crippen LogP contribution in [0.5, 0.6) is 17.2 Å². The predicted molar refractivity (Wildman–Crippen MR) is 198 cm³/mol. The third-order valence-electron chi connectivity index (χ3n) is 9.62. The van der Waals surface area contributed by atoms with Crippen molar-refractivity contribution in [2.75, 3.05) is 67.1 Å². The fraction of sp³-hybridized carbons (Fsp3) is 0.359. The molecule has 2 N–H and O–H groups in total. The summed E-state index contributed by atoms with van der Waals surface area (Å²) in [6.07, 6.45) is 5.88. The normalized spacial score (nSPS) is 19.8. The number of carbonyl (C=O) groups is 1. The summed E-state index contributed by atoms with van der Waals surface area (Å²) >= 11 is 0. The zero-order valence-corrected chi connectivity index (χ0v) is 29.2. The Bertz CT molecular complexity index is 1820. The third-order valence-corrected chi connectivity index (χ3v) is 9.62. The highest BCUT2D eigenvalue weighted by atomic mass is 16.7. The molecule has 51 heavy (non-hydrogen) atoms. The smallest absolute Gasteiger partial charge is 0.247 e. The molecular formula is C39H45N7O5. The number of hydrogen-bond donors (Lipinski definition) is 2. The van der Waals surface area contributed by atoms with Crippen LogP contribution in [-0.2, 0) is 14.4 Å². The van der Waals surface area contributed by atoms with Gasteiger partial charge in [0.25, 0.3) is 0 Å². The van der Waals surface area contributed by atoms with Crippen molar-refractivity contribution in [2.24, 2.45) is 0 Å². The van der Waals surface area contributed by atoms with Crippen LogP contribution in [0.3, 0.4) is 0 Å². The van der Waals surface area contributed by atoms with Crippen molar-refractivity contribution in [1.29, 1.82) is 0 Å². The molecule has 12 heteroatoms. The molecule has 7 rings (SSSR count). The van der Waals surface area contributed by atoms with Crippen LogP contribution in [-0.4, -0.2) is 79.4 Å². The van der Waals surface area contributed by atoms with Gasteiger partial charge in [-0.2, -0.15) is 0 Å². The van der Waals surface area contributed by atoms with E-state index in [1.807, 2.05) is 71.8 Å². The molecule has 3 aromatic carbocycles. The molecular weight excluding hydrogens is 646 g/mol. The van der Waals surface area contributed by atoms with Crippen molar-refractivity contribution in [2.45, 2.75) is 44.4 Å². The van der Waals surface area contributed by atoms with Crippen molar-refractivity contribution in [3.8, 4) is 17.2 Å². The lowest BCUT2D eigenvalue weighted by Crippen LogP contribution is -2.51. The topological polar surface area (TPSA) is 114 Å². The molecule has 3 aliphatic rings. The van der Waals surface area contributed by atoms with Crippen molar-refractivity contribution in [1.82, 2.24) is 14.9 Å². The Kier molecular flexibility index (Phi) is 10.6. The monoisotopic (exact) mass is 691 g/mol. The first kappa shape index (κ1) is 34.3. The molecule has 4 heterocycles. The molecule has 3 fully saturated rings. The van der Waals surface area contributed by atoms with E-state index in [1.54, 1.807) is 7.11 Å². The van der Waals surface area contributed by atoms with Crippen molar-refractivity contribution < 1.29 is 23.8 Å². The Morgan fingerprint density at radius 3 is 2.55 bits per heavy atom. The Morgan fingerprint density at radius 2 is 1.76 bits per heavy atom. The van der Waals surface area contributed by atoms with E-state index in [4.69, 9.17) is 19.0 Å². The zero-order chi connectivity index (χ0) is 35.2. The number of carbonyl (C=O) groups excluding carboxylic acids is 1. The third kappa shape index (κ3) is 8.09. The van der Waals surface area contributed by atoms with Gasteiger partial charge in [-0.1, -0.05) is 36.9 Å². The molecule has 0 bridgehead atoms. The fourth-order valence-corrected chi connectivity index (χ4v) is 7.11. The summed E-state index contributed by atoms with van der Waals surface area (Å²) in [5.74, 6) is 3.02. The molecule has 0 radical (unpaired) electrons. The second-order valence-electron chi connectivity index (χ2n) is 13.0. The van der Waals surface area contributed by atoms with Crippen LogP contribution in [0.2, 0.25) is 0 Å². The van der Waals surface area contributed by atoms with E-state index in [2.05, 4.69) is 50.0 Å². The van der Waals surface area contributed by atoms with Crippen LogP contribution < -0.4 is 30.1 Å². The fourth-order valence-electron chi connectivity index (χ4n) is 7.11. The number of morpholine rings is 1. The molecule has 3 aliphatic heterocycles. The lowest BCUT2D eigenvalue weighted by molar-refractivity contribution is -0.111. The molecule has 1 amide bonds. The Hall–Kier alpha value is -5.17. The lowest BCUT2D eigenvalue weighted by Gasteiger charge is -2.42. The minimum atomic E-state index is -0.288. The molecule has 2 atom stereocenters. The molecule has 12 nitrogen and oxygen atoms in total. The minimum Gasteiger partial charge on any atom is -0.494 e. The van der Waals surface area contributed by atoms with E-state index in [0.29, 0.717) is 41.4 Å². The second kappa shape index (κ2) is 15.8. The average molecular weight is 692 g/mol. The number of rotatable bonds is 11. The van der Waals surface area contributed by atoms with Gasteiger partial charge in [0.2, 0.25) is 5.91 Å². The highest BCUT2D eigenvalue weighted by molar-refractivity contribution is 6.02. The lowest BCUT2D eigenvalue weighted by atomic mass is 10.0. The summed E-state index contributed by atoms with van der Waals surface area (Å²) in [5.41, 5.74) is 3.26. The van der Waals surface area contributed by atoms with Gasteiger partial charge in [0.05, 0.1) is 49.5 Å². The molecule has 1 aromatic heterocycles. The number of nitrogens with zero attached hydrogens (tertiary/aromatic N) is 5. The highest BCUT2D eigenvalue weighted by Crippen LogP contribution is 2.41. The first-order valence-corrected chi connectivity index (χ1v) is 17.6. The number of ether oxygens (including phenoxy) is 3. The number of anilines is 5. The van der Waals surface area contributed by atoms with Crippen molar-refractivity contribution in [3.63, 3.8) is 0 Å². The van der Waals surface area contributed by atoms with Gasteiger partial charge in [-0.15, -0.1) is 0 Å². The Morgan fingerprint density at radius 1 is 0.941 bits per heavy atom. The van der Waals surface area contributed by atoms with E-state index in [-0.39, 0.29) is 18.1 Å². The number of methoxy groups -OCH3 is 1. The summed E-state index contributed by atoms with van der Waals surface area (Å²) in [4.78, 5) is 32.7. The first-order valence-electron chi connectivity index (χ1n) is 17.6. The standard InChI is InChI=1S/C39H45N7O5/c1-4-39(47)43-32-22-33(36(48-3)23-35(32)44-16-13-29(14-17-44)45-18-20-49-27(2)25-45)42-37-24-38(41-26-40-37)46-34(15-19-50-46)28-9-8-12-31(21-28)51-30-10-6-5-7-11-30/h4-12,21-24,26-27,29,34H,1,13-20,25H2,2-3H3,(H,43,47)(H,40,41,42)/t27-,34-/m1/s1. The zero-order valence-electron chi connectivity index (χ0n) is 29.2. The van der Waals surface area contributed by atoms with Gasteiger partial charge in [0, 0.05) is 50.8 Å². The second-order valence-corrected chi connectivity index (χ2v) is 13.0. The van der Waals surface area contributed by atoms with E-state index in [1.165, 1.54) is 12.4 Å². The maximum atomic E-state index is 12.6. The van der Waals surface area contributed by atoms with Gasteiger partial charge in [-0.3, -0.25) is 14.5 Å².